The summed E-state index contributed by atoms with van der Waals surface area (Å²) in [5, 5.41) is 3.76. The first-order valence-electron chi connectivity index (χ1n) is 5.15. The first-order chi connectivity index (χ1) is 8.66. The van der Waals surface area contributed by atoms with Gasteiger partial charge in [-0.25, -0.2) is 4.79 Å². The van der Waals surface area contributed by atoms with Gasteiger partial charge in [0, 0.05) is 0 Å². The normalized spacial score (nSPS) is 10.5. The maximum absolute atomic E-state index is 11.4. The van der Waals surface area contributed by atoms with Gasteiger partial charge in [-0.3, -0.25) is 9.78 Å². The molecule has 6 nitrogen and oxygen atoms in total. The SMILES string of the molecule is O=c1[nH]c(=O)n(COCc2ccccc2)nc1Br. The van der Waals surface area contributed by atoms with Gasteiger partial charge < -0.3 is 4.74 Å². The van der Waals surface area contributed by atoms with E-state index >= 15 is 0 Å². The van der Waals surface area contributed by atoms with E-state index in [0.29, 0.717) is 6.61 Å². The highest BCUT2D eigenvalue weighted by Gasteiger charge is 2.03. The number of hydrogen-bond acceptors (Lipinski definition) is 4. The van der Waals surface area contributed by atoms with Crippen molar-refractivity contribution in [1.82, 2.24) is 14.8 Å². The zero-order chi connectivity index (χ0) is 13.0. The van der Waals surface area contributed by atoms with E-state index in [1.54, 1.807) is 0 Å². The maximum Gasteiger partial charge on any atom is 0.347 e. The highest BCUT2D eigenvalue weighted by atomic mass is 79.9. The van der Waals surface area contributed by atoms with Gasteiger partial charge in [-0.15, -0.1) is 0 Å². The Bertz CT molecular complexity index is 636. The third-order valence-electron chi connectivity index (χ3n) is 2.18. The molecule has 0 aliphatic rings. The van der Waals surface area contributed by atoms with Gasteiger partial charge in [-0.05, 0) is 21.5 Å². The molecule has 0 spiro atoms. The van der Waals surface area contributed by atoms with Crippen LogP contribution in [-0.4, -0.2) is 14.8 Å². The quantitative estimate of drug-likeness (QED) is 0.909. The summed E-state index contributed by atoms with van der Waals surface area (Å²) < 4.78 is 6.42. The number of hydrogen-bond donors (Lipinski definition) is 1. The minimum Gasteiger partial charge on any atom is -0.354 e. The summed E-state index contributed by atoms with van der Waals surface area (Å²) in [6, 6.07) is 9.55. The van der Waals surface area contributed by atoms with Gasteiger partial charge in [0.15, 0.2) is 4.60 Å². The molecule has 1 N–H and O–H groups in total. The van der Waals surface area contributed by atoms with Crippen LogP contribution in [-0.2, 0) is 18.1 Å². The largest absolute Gasteiger partial charge is 0.354 e. The zero-order valence-electron chi connectivity index (χ0n) is 9.30. The molecule has 0 fully saturated rings. The molecule has 94 valence electrons. The summed E-state index contributed by atoms with van der Waals surface area (Å²) in [7, 11) is 0. The molecule has 0 unspecified atom stereocenters. The minimum absolute atomic E-state index is 0.0247. The lowest BCUT2D eigenvalue weighted by atomic mass is 10.2. The maximum atomic E-state index is 11.4. The van der Waals surface area contributed by atoms with Gasteiger partial charge in [-0.1, -0.05) is 30.3 Å². The van der Waals surface area contributed by atoms with Crippen LogP contribution in [0.5, 0.6) is 0 Å². The second-order valence-corrected chi connectivity index (χ2v) is 4.26. The highest BCUT2D eigenvalue weighted by molar-refractivity contribution is 9.10. The van der Waals surface area contributed by atoms with Gasteiger partial charge in [0.25, 0.3) is 5.56 Å². The Balaban J connectivity index is 2.01. The first-order valence-corrected chi connectivity index (χ1v) is 5.95. The Morgan fingerprint density at radius 3 is 2.72 bits per heavy atom. The predicted octanol–water partition coefficient (Wildman–Crippen LogP) is 0.868. The summed E-state index contributed by atoms with van der Waals surface area (Å²) in [4.78, 5) is 24.6. The summed E-state index contributed by atoms with van der Waals surface area (Å²) in [6.45, 7) is 0.342. The van der Waals surface area contributed by atoms with E-state index in [1.807, 2.05) is 30.3 Å². The smallest absolute Gasteiger partial charge is 0.347 e. The van der Waals surface area contributed by atoms with Crippen molar-refractivity contribution >= 4 is 15.9 Å². The van der Waals surface area contributed by atoms with Gasteiger partial charge in [0.1, 0.15) is 6.73 Å². The molecule has 0 aliphatic heterocycles. The van der Waals surface area contributed by atoms with Crippen molar-refractivity contribution in [2.75, 3.05) is 0 Å². The number of H-pyrrole nitrogens is 1. The third kappa shape index (κ3) is 3.14. The van der Waals surface area contributed by atoms with Crippen LogP contribution in [0.15, 0.2) is 44.5 Å². The van der Waals surface area contributed by atoms with Gasteiger partial charge in [0.05, 0.1) is 6.61 Å². The fourth-order valence-corrected chi connectivity index (χ4v) is 1.61. The van der Waals surface area contributed by atoms with Crippen LogP contribution in [0.25, 0.3) is 0 Å². The van der Waals surface area contributed by atoms with Crippen LogP contribution in [0.3, 0.4) is 0 Å². The van der Waals surface area contributed by atoms with Crippen LogP contribution < -0.4 is 11.2 Å². The van der Waals surface area contributed by atoms with E-state index in [9.17, 15) is 9.59 Å². The molecule has 7 heteroatoms. The van der Waals surface area contributed by atoms with Gasteiger partial charge in [-0.2, -0.15) is 9.78 Å². The average Bonchev–Trinajstić information content (AvgIpc) is 2.37. The summed E-state index contributed by atoms with van der Waals surface area (Å²) in [5.41, 5.74) is -0.162. The van der Waals surface area contributed by atoms with E-state index in [1.165, 1.54) is 0 Å². The number of aromatic amines is 1. The monoisotopic (exact) mass is 311 g/mol. The zero-order valence-corrected chi connectivity index (χ0v) is 10.9. The molecule has 1 heterocycles. The number of halogens is 1. The fourth-order valence-electron chi connectivity index (χ4n) is 1.32. The molecular weight excluding hydrogens is 302 g/mol. The van der Waals surface area contributed by atoms with Crippen molar-refractivity contribution in [2.45, 2.75) is 13.3 Å². The second kappa shape index (κ2) is 5.74. The van der Waals surface area contributed by atoms with Crippen LogP contribution in [0.4, 0.5) is 0 Å². The summed E-state index contributed by atoms with van der Waals surface area (Å²) in [5.74, 6) is 0. The van der Waals surface area contributed by atoms with Gasteiger partial charge >= 0.3 is 5.69 Å². The van der Waals surface area contributed by atoms with Crippen molar-refractivity contribution in [3.8, 4) is 0 Å². The molecule has 2 rings (SSSR count). The summed E-state index contributed by atoms with van der Waals surface area (Å²) >= 11 is 2.95. The number of aromatic nitrogens is 3. The molecule has 1 aromatic carbocycles. The van der Waals surface area contributed by atoms with Crippen molar-refractivity contribution in [3.63, 3.8) is 0 Å². The van der Waals surface area contributed by atoms with E-state index in [0.717, 1.165) is 10.2 Å². The lowest BCUT2D eigenvalue weighted by Gasteiger charge is -2.05. The molecule has 1 aromatic heterocycles. The fraction of sp³-hybridized carbons (Fsp3) is 0.182. The lowest BCUT2D eigenvalue weighted by Crippen LogP contribution is -2.33. The predicted molar refractivity (Wildman–Crippen MR) is 68.0 cm³/mol. The van der Waals surface area contributed by atoms with Crippen molar-refractivity contribution in [3.05, 3.63) is 61.3 Å². The average molecular weight is 312 g/mol. The molecular formula is C11H10BrN3O3. The van der Waals surface area contributed by atoms with E-state index in [4.69, 9.17) is 4.74 Å². The van der Waals surface area contributed by atoms with Crippen molar-refractivity contribution < 1.29 is 4.74 Å². The van der Waals surface area contributed by atoms with E-state index in [2.05, 4.69) is 26.0 Å². The molecule has 0 atom stereocenters. The molecule has 0 saturated heterocycles. The van der Waals surface area contributed by atoms with E-state index < -0.39 is 11.2 Å². The molecule has 0 saturated carbocycles. The first kappa shape index (κ1) is 12.7. The standard InChI is InChI=1S/C11H10BrN3O3/c12-9-10(16)13-11(17)15(14-9)7-18-6-8-4-2-1-3-5-8/h1-5H,6-7H2,(H,13,16,17). The number of ether oxygens (including phenoxy) is 1. The molecule has 0 radical (unpaired) electrons. The Kier molecular flexibility index (Phi) is 4.06. The van der Waals surface area contributed by atoms with Crippen molar-refractivity contribution in [1.29, 1.82) is 0 Å². The lowest BCUT2D eigenvalue weighted by molar-refractivity contribution is 0.0512. The second-order valence-electron chi connectivity index (χ2n) is 3.51. The Morgan fingerprint density at radius 1 is 1.28 bits per heavy atom. The molecule has 0 aliphatic carbocycles. The van der Waals surface area contributed by atoms with Gasteiger partial charge in [0.2, 0.25) is 0 Å². The highest BCUT2D eigenvalue weighted by Crippen LogP contribution is 2.00. The number of benzene rings is 1. The Hall–Kier alpha value is -1.73. The van der Waals surface area contributed by atoms with Crippen molar-refractivity contribution in [2.24, 2.45) is 0 Å². The summed E-state index contributed by atoms with van der Waals surface area (Å²) in [6.07, 6.45) is 0. The Labute approximate surface area is 110 Å². The Morgan fingerprint density at radius 2 is 2.00 bits per heavy atom. The number of rotatable bonds is 4. The molecule has 0 bridgehead atoms. The molecule has 2 aromatic rings. The van der Waals surface area contributed by atoms with Crippen LogP contribution in [0, 0.1) is 0 Å². The third-order valence-corrected chi connectivity index (χ3v) is 2.69. The minimum atomic E-state index is -0.601. The molecule has 18 heavy (non-hydrogen) atoms. The topological polar surface area (TPSA) is 77.0 Å². The van der Waals surface area contributed by atoms with Crippen LogP contribution in [0.2, 0.25) is 0 Å². The van der Waals surface area contributed by atoms with Crippen LogP contribution in [0.1, 0.15) is 5.56 Å². The number of nitrogens with one attached hydrogen (secondary N) is 1. The van der Waals surface area contributed by atoms with Crippen LogP contribution >= 0.6 is 15.9 Å². The molecule has 0 amide bonds. The van der Waals surface area contributed by atoms with E-state index in [-0.39, 0.29) is 11.3 Å². The number of nitrogens with zero attached hydrogens (tertiary/aromatic N) is 2.